The van der Waals surface area contributed by atoms with Crippen molar-refractivity contribution in [1.29, 1.82) is 0 Å². The average molecular weight is 178 g/mol. The fourth-order valence-corrected chi connectivity index (χ4v) is 2.15. The molecule has 0 radical (unpaired) electrons. The summed E-state index contributed by atoms with van der Waals surface area (Å²) in [6.07, 6.45) is 2.11. The van der Waals surface area contributed by atoms with Crippen LogP contribution in [0.3, 0.4) is 0 Å². The van der Waals surface area contributed by atoms with Gasteiger partial charge in [-0.15, -0.1) is 0 Å². The van der Waals surface area contributed by atoms with Gasteiger partial charge in [0.15, 0.2) is 11.1 Å². The van der Waals surface area contributed by atoms with Crippen molar-refractivity contribution in [2.75, 3.05) is 12.4 Å². The molecule has 1 saturated heterocycles. The molecule has 3 nitrogen and oxygen atoms in total. The van der Waals surface area contributed by atoms with E-state index in [-0.39, 0.29) is 6.10 Å². The van der Waals surface area contributed by atoms with Gasteiger partial charge in [-0.1, -0.05) is 0 Å². The second-order valence-electron chi connectivity index (χ2n) is 3.06. The highest BCUT2D eigenvalue weighted by atomic mass is 32.2. The van der Waals surface area contributed by atoms with Crippen LogP contribution < -0.4 is 0 Å². The monoisotopic (exact) mass is 178 g/mol. The molecule has 0 aromatic carbocycles. The number of ether oxygens (including phenoxy) is 1. The van der Waals surface area contributed by atoms with Gasteiger partial charge >= 0.3 is 0 Å². The van der Waals surface area contributed by atoms with E-state index in [0.717, 1.165) is 19.4 Å². The van der Waals surface area contributed by atoms with E-state index in [1.807, 2.05) is 6.92 Å². The lowest BCUT2D eigenvalue weighted by Crippen LogP contribution is -2.26. The highest BCUT2D eigenvalue weighted by molar-refractivity contribution is 7.79. The van der Waals surface area contributed by atoms with Gasteiger partial charge in [0, 0.05) is 6.61 Å². The largest absolute Gasteiger partial charge is 0.378 e. The Balaban J connectivity index is 2.28. The molecule has 1 aliphatic rings. The van der Waals surface area contributed by atoms with Crippen molar-refractivity contribution in [3.8, 4) is 0 Å². The molecular formula is C7H14O3S. The predicted molar refractivity (Wildman–Crippen MR) is 43.8 cm³/mol. The molecule has 1 rings (SSSR count). The minimum atomic E-state index is -1.63. The molecule has 0 aliphatic carbocycles. The third kappa shape index (κ3) is 3.31. The van der Waals surface area contributed by atoms with Crippen molar-refractivity contribution in [3.05, 3.63) is 0 Å². The first-order valence-corrected chi connectivity index (χ1v) is 5.15. The Hall–Kier alpha value is 0.0700. The lowest BCUT2D eigenvalue weighted by Gasteiger charge is -2.25. The summed E-state index contributed by atoms with van der Waals surface area (Å²) in [6.45, 7) is 2.75. The Morgan fingerprint density at radius 3 is 3.00 bits per heavy atom. The van der Waals surface area contributed by atoms with Crippen LogP contribution in [0.15, 0.2) is 0 Å². The Bertz CT molecular complexity index is 149. The topological polar surface area (TPSA) is 46.5 Å². The Kier molecular flexibility index (Phi) is 3.48. The van der Waals surface area contributed by atoms with Gasteiger partial charge in [-0.2, -0.15) is 0 Å². The molecule has 3 atom stereocenters. The molecule has 3 unspecified atom stereocenters. The number of hydrogen-bond donors (Lipinski definition) is 1. The van der Waals surface area contributed by atoms with Crippen LogP contribution in [0.1, 0.15) is 19.8 Å². The second kappa shape index (κ2) is 4.18. The Morgan fingerprint density at radius 2 is 2.45 bits per heavy atom. The third-order valence-electron chi connectivity index (χ3n) is 1.97. The van der Waals surface area contributed by atoms with Crippen LogP contribution in [-0.4, -0.2) is 27.2 Å². The summed E-state index contributed by atoms with van der Waals surface area (Å²) in [4.78, 5) is 0. The highest BCUT2D eigenvalue weighted by Gasteiger charge is 2.20. The van der Waals surface area contributed by atoms with E-state index >= 15 is 0 Å². The highest BCUT2D eigenvalue weighted by Crippen LogP contribution is 2.20. The van der Waals surface area contributed by atoms with Crippen LogP contribution >= 0.6 is 0 Å². The van der Waals surface area contributed by atoms with Crippen molar-refractivity contribution < 1.29 is 13.5 Å². The van der Waals surface area contributed by atoms with Gasteiger partial charge in [-0.05, 0) is 25.7 Å². The predicted octanol–water partition coefficient (Wildman–Crippen LogP) is 1.02. The number of rotatable bonds is 2. The summed E-state index contributed by atoms with van der Waals surface area (Å²) in [6, 6.07) is 0. The zero-order valence-corrected chi connectivity index (χ0v) is 7.47. The molecule has 0 saturated carbocycles. The van der Waals surface area contributed by atoms with Crippen molar-refractivity contribution in [1.82, 2.24) is 0 Å². The molecule has 1 aliphatic heterocycles. The van der Waals surface area contributed by atoms with Gasteiger partial charge in [-0.25, -0.2) is 4.21 Å². The maximum atomic E-state index is 10.4. The van der Waals surface area contributed by atoms with Crippen LogP contribution in [0.25, 0.3) is 0 Å². The molecule has 66 valence electrons. The SMILES string of the molecule is CC1CC(CS(=O)O)CCO1. The molecule has 0 amide bonds. The van der Waals surface area contributed by atoms with Gasteiger partial charge in [0.2, 0.25) is 0 Å². The van der Waals surface area contributed by atoms with E-state index in [2.05, 4.69) is 0 Å². The van der Waals surface area contributed by atoms with E-state index in [1.54, 1.807) is 0 Å². The minimum Gasteiger partial charge on any atom is -0.378 e. The lowest BCUT2D eigenvalue weighted by atomic mass is 9.98. The molecular weight excluding hydrogens is 164 g/mol. The first-order valence-electron chi connectivity index (χ1n) is 3.87. The van der Waals surface area contributed by atoms with E-state index in [4.69, 9.17) is 9.29 Å². The summed E-state index contributed by atoms with van der Waals surface area (Å²) in [5.41, 5.74) is 0. The normalized spacial score (nSPS) is 35.1. The molecule has 0 spiro atoms. The first kappa shape index (κ1) is 9.16. The van der Waals surface area contributed by atoms with Crippen LogP contribution in [0.2, 0.25) is 0 Å². The fraction of sp³-hybridized carbons (Fsp3) is 1.00. The molecule has 0 aromatic heterocycles. The standard InChI is InChI=1S/C7H14O3S/c1-6-4-7(2-3-10-6)5-11(8)9/h6-7H,2-5H2,1H3,(H,8,9). The first-order chi connectivity index (χ1) is 5.18. The summed E-state index contributed by atoms with van der Waals surface area (Å²) in [5, 5.41) is 0. The summed E-state index contributed by atoms with van der Waals surface area (Å²) in [5.74, 6) is 0.790. The minimum absolute atomic E-state index is 0.261. The summed E-state index contributed by atoms with van der Waals surface area (Å²) < 4.78 is 24.4. The van der Waals surface area contributed by atoms with Crippen LogP contribution in [0, 0.1) is 5.92 Å². The molecule has 11 heavy (non-hydrogen) atoms. The maximum absolute atomic E-state index is 10.4. The fourth-order valence-electron chi connectivity index (χ4n) is 1.44. The van der Waals surface area contributed by atoms with Crippen LogP contribution in [-0.2, 0) is 15.8 Å². The molecule has 1 fully saturated rings. The molecule has 0 bridgehead atoms. The van der Waals surface area contributed by atoms with Crippen LogP contribution in [0.4, 0.5) is 0 Å². The van der Waals surface area contributed by atoms with E-state index in [1.165, 1.54) is 0 Å². The van der Waals surface area contributed by atoms with Gasteiger partial charge in [-0.3, -0.25) is 0 Å². The van der Waals surface area contributed by atoms with Gasteiger partial charge in [0.25, 0.3) is 0 Å². The zero-order valence-electron chi connectivity index (χ0n) is 6.66. The molecule has 0 aromatic rings. The Morgan fingerprint density at radius 1 is 1.73 bits per heavy atom. The quantitative estimate of drug-likeness (QED) is 0.642. The maximum Gasteiger partial charge on any atom is 0.153 e. The summed E-state index contributed by atoms with van der Waals surface area (Å²) in [7, 11) is 0. The van der Waals surface area contributed by atoms with E-state index < -0.39 is 11.1 Å². The average Bonchev–Trinajstić information content (AvgIpc) is 1.85. The third-order valence-corrected chi connectivity index (χ3v) is 2.73. The van der Waals surface area contributed by atoms with E-state index in [9.17, 15) is 4.21 Å². The summed E-state index contributed by atoms with van der Waals surface area (Å²) >= 11 is -1.63. The smallest absolute Gasteiger partial charge is 0.153 e. The Labute approximate surface area is 69.4 Å². The van der Waals surface area contributed by atoms with Crippen LogP contribution in [0.5, 0.6) is 0 Å². The van der Waals surface area contributed by atoms with Gasteiger partial charge in [0.05, 0.1) is 11.9 Å². The van der Waals surface area contributed by atoms with Gasteiger partial charge in [0.1, 0.15) is 0 Å². The van der Waals surface area contributed by atoms with Crippen molar-refractivity contribution in [2.24, 2.45) is 5.92 Å². The molecule has 1 heterocycles. The zero-order chi connectivity index (χ0) is 8.27. The lowest BCUT2D eigenvalue weighted by molar-refractivity contribution is 0.00747. The number of hydrogen-bond acceptors (Lipinski definition) is 2. The molecule has 4 heteroatoms. The van der Waals surface area contributed by atoms with E-state index in [0.29, 0.717) is 11.7 Å². The van der Waals surface area contributed by atoms with Crippen molar-refractivity contribution >= 4 is 11.1 Å². The van der Waals surface area contributed by atoms with Gasteiger partial charge < -0.3 is 9.29 Å². The van der Waals surface area contributed by atoms with Crippen molar-refractivity contribution in [2.45, 2.75) is 25.9 Å². The van der Waals surface area contributed by atoms with Crippen molar-refractivity contribution in [3.63, 3.8) is 0 Å². The second-order valence-corrected chi connectivity index (χ2v) is 4.04. The molecule has 1 N–H and O–H groups in total.